The molecule has 9 heteroatoms. The second-order valence-corrected chi connectivity index (χ2v) is 10.6. The molecule has 2 N–H and O–H groups in total. The molecule has 0 aliphatic carbocycles. The van der Waals surface area contributed by atoms with Crippen LogP contribution in [-0.4, -0.2) is 40.4 Å². The van der Waals surface area contributed by atoms with Gasteiger partial charge in [0, 0.05) is 43.9 Å². The van der Waals surface area contributed by atoms with E-state index in [1.165, 1.54) is 35.6 Å². The average Bonchev–Trinajstić information content (AvgIpc) is 3.15. The Bertz CT molecular complexity index is 1260. The molecule has 4 rings (SSSR count). The van der Waals surface area contributed by atoms with E-state index in [1.54, 1.807) is 24.3 Å². The van der Waals surface area contributed by atoms with Crippen LogP contribution in [0.25, 0.3) is 11.1 Å². The molecule has 1 aliphatic rings. The minimum atomic E-state index is -3.78. The molecule has 0 spiro atoms. The fourth-order valence-corrected chi connectivity index (χ4v) is 6.05. The quantitative estimate of drug-likeness (QED) is 0.520. The molecule has 174 valence electrons. The largest absolute Gasteiger partial charge is 0.368 e. The van der Waals surface area contributed by atoms with Crippen LogP contribution in [0.3, 0.4) is 0 Å². The van der Waals surface area contributed by atoms with Gasteiger partial charge in [0.25, 0.3) is 0 Å². The standard InChI is InChI=1S/C24H26FN3O3S2/c1-3-21(29)23-22(17-4-10-20(11-5-17)33(26,30)31)16(2)24(32-23)28-14-12-27(13-15-28)19-8-6-18(25)7-9-19/h4-11H,3,12-15H2,1-2H3,(H2,26,30,31). The van der Waals surface area contributed by atoms with E-state index in [2.05, 4.69) is 9.80 Å². The zero-order valence-corrected chi connectivity index (χ0v) is 20.2. The van der Waals surface area contributed by atoms with Crippen molar-refractivity contribution in [3.05, 3.63) is 64.8 Å². The summed E-state index contributed by atoms with van der Waals surface area (Å²) in [6.07, 6.45) is 0.389. The maximum absolute atomic E-state index is 13.2. The molecule has 1 aromatic heterocycles. The lowest BCUT2D eigenvalue weighted by molar-refractivity contribution is 0.0992. The Kier molecular flexibility index (Phi) is 6.56. The number of ketones is 1. The van der Waals surface area contributed by atoms with Crippen molar-refractivity contribution in [1.29, 1.82) is 0 Å². The molecular formula is C24H26FN3O3S2. The van der Waals surface area contributed by atoms with E-state index in [1.807, 2.05) is 13.8 Å². The maximum atomic E-state index is 13.2. The van der Waals surface area contributed by atoms with E-state index in [0.717, 1.165) is 53.6 Å². The number of nitrogens with two attached hydrogens (primary N) is 1. The van der Waals surface area contributed by atoms with Crippen LogP contribution in [0.1, 0.15) is 28.6 Å². The van der Waals surface area contributed by atoms with Gasteiger partial charge in [0.1, 0.15) is 5.82 Å². The molecule has 33 heavy (non-hydrogen) atoms. The lowest BCUT2D eigenvalue weighted by atomic mass is 9.99. The Morgan fingerprint density at radius 2 is 1.58 bits per heavy atom. The van der Waals surface area contributed by atoms with Gasteiger partial charge in [-0.25, -0.2) is 17.9 Å². The fraction of sp³-hybridized carbons (Fsp3) is 0.292. The molecule has 6 nitrogen and oxygen atoms in total. The summed E-state index contributed by atoms with van der Waals surface area (Å²) >= 11 is 1.49. The van der Waals surface area contributed by atoms with Crippen molar-refractivity contribution in [3.8, 4) is 11.1 Å². The first-order valence-corrected chi connectivity index (χ1v) is 13.1. The molecule has 1 fully saturated rings. The third kappa shape index (κ3) is 4.80. The van der Waals surface area contributed by atoms with E-state index in [4.69, 9.17) is 5.14 Å². The first kappa shape index (κ1) is 23.4. The molecule has 0 atom stereocenters. The number of anilines is 2. The summed E-state index contributed by atoms with van der Waals surface area (Å²) in [4.78, 5) is 18.0. The number of carbonyl (C=O) groups is 1. The lowest BCUT2D eigenvalue weighted by Gasteiger charge is -2.37. The Balaban J connectivity index is 1.63. The number of primary sulfonamides is 1. The number of benzene rings is 2. The maximum Gasteiger partial charge on any atom is 0.238 e. The number of hydrogen-bond acceptors (Lipinski definition) is 6. The molecule has 0 radical (unpaired) electrons. The topological polar surface area (TPSA) is 83.7 Å². The van der Waals surface area contributed by atoms with Gasteiger partial charge in [-0.15, -0.1) is 11.3 Å². The molecule has 1 saturated heterocycles. The van der Waals surface area contributed by atoms with E-state index in [0.29, 0.717) is 11.3 Å². The summed E-state index contributed by atoms with van der Waals surface area (Å²) in [5, 5.41) is 6.28. The van der Waals surface area contributed by atoms with Crippen LogP contribution in [-0.2, 0) is 10.0 Å². The Labute approximate surface area is 197 Å². The molecule has 0 saturated carbocycles. The predicted octanol–water partition coefficient (Wildman–Crippen LogP) is 4.43. The predicted molar refractivity (Wildman–Crippen MR) is 131 cm³/mol. The molecule has 0 bridgehead atoms. The van der Waals surface area contributed by atoms with Gasteiger partial charge < -0.3 is 9.80 Å². The molecule has 0 unspecified atom stereocenters. The van der Waals surface area contributed by atoms with Crippen LogP contribution in [0.5, 0.6) is 0 Å². The lowest BCUT2D eigenvalue weighted by Crippen LogP contribution is -2.46. The highest BCUT2D eigenvalue weighted by Gasteiger charge is 2.26. The number of piperazine rings is 1. The second-order valence-electron chi connectivity index (χ2n) is 8.03. The summed E-state index contributed by atoms with van der Waals surface area (Å²) in [5.41, 5.74) is 3.65. The highest BCUT2D eigenvalue weighted by atomic mass is 32.2. The summed E-state index contributed by atoms with van der Waals surface area (Å²) in [6, 6.07) is 12.9. The van der Waals surface area contributed by atoms with Crippen LogP contribution in [0.2, 0.25) is 0 Å². The minimum absolute atomic E-state index is 0.0413. The number of thiophene rings is 1. The third-order valence-corrected chi connectivity index (χ3v) is 8.25. The van der Waals surface area contributed by atoms with E-state index in [-0.39, 0.29) is 16.5 Å². The molecule has 2 aromatic carbocycles. The molecule has 3 aromatic rings. The fourth-order valence-electron chi connectivity index (χ4n) is 4.14. The summed E-state index contributed by atoms with van der Waals surface area (Å²) in [7, 11) is -3.78. The second kappa shape index (κ2) is 9.24. The molecule has 2 heterocycles. The van der Waals surface area contributed by atoms with Crippen molar-refractivity contribution in [1.82, 2.24) is 0 Å². The van der Waals surface area contributed by atoms with Crippen molar-refractivity contribution in [2.24, 2.45) is 5.14 Å². The smallest absolute Gasteiger partial charge is 0.238 e. The SMILES string of the molecule is CCC(=O)c1sc(N2CCN(c3ccc(F)cc3)CC2)c(C)c1-c1ccc(S(N)(=O)=O)cc1. The van der Waals surface area contributed by atoms with Gasteiger partial charge in [-0.2, -0.15) is 0 Å². The molecule has 0 amide bonds. The highest BCUT2D eigenvalue weighted by molar-refractivity contribution is 7.89. The van der Waals surface area contributed by atoms with Crippen LogP contribution in [0.15, 0.2) is 53.4 Å². The third-order valence-electron chi connectivity index (χ3n) is 5.93. The summed E-state index contributed by atoms with van der Waals surface area (Å²) in [5.74, 6) is -0.186. The summed E-state index contributed by atoms with van der Waals surface area (Å²) in [6.45, 7) is 6.99. The number of nitrogens with zero attached hydrogens (tertiary/aromatic N) is 2. The summed E-state index contributed by atoms with van der Waals surface area (Å²) < 4.78 is 36.5. The van der Waals surface area contributed by atoms with Gasteiger partial charge in [-0.3, -0.25) is 4.79 Å². The number of hydrogen-bond donors (Lipinski definition) is 1. The highest BCUT2D eigenvalue weighted by Crippen LogP contribution is 2.43. The first-order valence-electron chi connectivity index (χ1n) is 10.7. The van der Waals surface area contributed by atoms with Crippen molar-refractivity contribution in [3.63, 3.8) is 0 Å². The number of halogens is 1. The Morgan fingerprint density at radius 1 is 1.00 bits per heavy atom. The first-order chi connectivity index (χ1) is 15.7. The number of Topliss-reactive ketones (excluding diaryl/α,β-unsaturated/α-hetero) is 1. The van der Waals surface area contributed by atoms with Gasteiger partial charge in [0.15, 0.2) is 5.78 Å². The Hall–Kier alpha value is -2.75. The normalized spacial score (nSPS) is 14.5. The zero-order valence-electron chi connectivity index (χ0n) is 18.5. The van der Waals surface area contributed by atoms with Crippen LogP contribution in [0, 0.1) is 12.7 Å². The van der Waals surface area contributed by atoms with Crippen molar-refractivity contribution >= 4 is 37.8 Å². The van der Waals surface area contributed by atoms with Gasteiger partial charge in [-0.05, 0) is 54.4 Å². The number of rotatable bonds is 6. The van der Waals surface area contributed by atoms with Crippen LogP contribution >= 0.6 is 11.3 Å². The van der Waals surface area contributed by atoms with E-state index < -0.39 is 10.0 Å². The zero-order chi connectivity index (χ0) is 23.8. The minimum Gasteiger partial charge on any atom is -0.368 e. The molecule has 1 aliphatic heterocycles. The average molecular weight is 488 g/mol. The number of sulfonamides is 1. The van der Waals surface area contributed by atoms with E-state index in [9.17, 15) is 17.6 Å². The van der Waals surface area contributed by atoms with Gasteiger partial charge in [0.2, 0.25) is 10.0 Å². The Morgan fingerprint density at radius 3 is 2.12 bits per heavy atom. The van der Waals surface area contributed by atoms with Gasteiger partial charge in [0.05, 0.1) is 14.8 Å². The number of carbonyl (C=O) groups excluding carboxylic acids is 1. The van der Waals surface area contributed by atoms with Crippen molar-refractivity contribution in [2.75, 3.05) is 36.0 Å². The van der Waals surface area contributed by atoms with E-state index >= 15 is 0 Å². The van der Waals surface area contributed by atoms with Crippen LogP contribution < -0.4 is 14.9 Å². The van der Waals surface area contributed by atoms with Crippen molar-refractivity contribution in [2.45, 2.75) is 25.2 Å². The van der Waals surface area contributed by atoms with Gasteiger partial charge >= 0.3 is 0 Å². The van der Waals surface area contributed by atoms with Gasteiger partial charge in [-0.1, -0.05) is 19.1 Å². The monoisotopic (exact) mass is 487 g/mol. The van der Waals surface area contributed by atoms with Crippen molar-refractivity contribution < 1.29 is 17.6 Å². The van der Waals surface area contributed by atoms with Crippen LogP contribution in [0.4, 0.5) is 15.1 Å². The molecular weight excluding hydrogens is 461 g/mol.